The van der Waals surface area contributed by atoms with Crippen LogP contribution in [0.5, 0.6) is 0 Å². The van der Waals surface area contributed by atoms with Crippen molar-refractivity contribution in [3.63, 3.8) is 0 Å². The number of hydrogen-bond donors (Lipinski definition) is 0. The topological polar surface area (TPSA) is 3.24 Å². The average molecular weight is 622 g/mol. The molecule has 0 spiro atoms. The molecule has 7 aromatic carbocycles. The summed E-state index contributed by atoms with van der Waals surface area (Å²) in [7, 11) is 0. The Kier molecular flexibility index (Phi) is 3.21. The smallest absolute Gasteiger partial charge is 0.0645 e. The van der Waals surface area contributed by atoms with Crippen molar-refractivity contribution in [2.45, 2.75) is 38.5 Å². The molecule has 0 saturated heterocycles. The average Bonchev–Trinajstić information content (AvgIpc) is 3.48. The van der Waals surface area contributed by atoms with E-state index in [0.29, 0.717) is 5.56 Å². The van der Waals surface area contributed by atoms with E-state index in [4.69, 9.17) is 16.4 Å². The van der Waals surface area contributed by atoms with Crippen LogP contribution >= 0.6 is 0 Å². The number of para-hydroxylation sites is 1. The van der Waals surface area contributed by atoms with Crippen LogP contribution < -0.4 is 4.90 Å². The third-order valence-corrected chi connectivity index (χ3v) is 9.45. The Hall–Kier alpha value is -5.40. The Bertz CT molecular complexity index is 3370. The molecule has 1 heteroatoms. The summed E-state index contributed by atoms with van der Waals surface area (Å²) in [5.74, 6) is 0. The van der Waals surface area contributed by atoms with Gasteiger partial charge in [0.05, 0.1) is 30.4 Å². The van der Waals surface area contributed by atoms with Crippen LogP contribution in [0.4, 0.5) is 17.1 Å². The lowest BCUT2D eigenvalue weighted by Crippen LogP contribution is -2.24. The van der Waals surface area contributed by atoms with Crippen LogP contribution in [-0.4, -0.2) is 0 Å². The maximum atomic E-state index is 9.87. The van der Waals surface area contributed by atoms with Gasteiger partial charge in [0.15, 0.2) is 0 Å². The molecule has 0 atom stereocenters. The number of rotatable bonds is 4. The fraction of sp³-hybridized carbons (Fsp3) is 0.130. The van der Waals surface area contributed by atoms with Gasteiger partial charge in [0.1, 0.15) is 0 Å². The molecule has 0 saturated carbocycles. The lowest BCUT2D eigenvalue weighted by atomic mass is 9.67. The highest BCUT2D eigenvalue weighted by molar-refractivity contribution is 6.10. The van der Waals surface area contributed by atoms with Gasteiger partial charge in [-0.2, -0.15) is 0 Å². The first-order valence-electron chi connectivity index (χ1n) is 24.2. The molecule has 7 aromatic rings. The van der Waals surface area contributed by atoms with E-state index in [0.717, 1.165) is 6.07 Å². The van der Waals surface area contributed by atoms with Crippen LogP contribution in [0, 0.1) is 0 Å². The maximum absolute atomic E-state index is 9.87. The number of anilines is 3. The van der Waals surface area contributed by atoms with Gasteiger partial charge in [0, 0.05) is 27.8 Å². The van der Waals surface area contributed by atoms with Crippen molar-refractivity contribution in [1.82, 2.24) is 0 Å². The summed E-state index contributed by atoms with van der Waals surface area (Å²) in [5, 5.41) is 0.317. The molecule has 0 fully saturated rings. The third-order valence-electron chi connectivity index (χ3n) is 9.45. The van der Waals surface area contributed by atoms with Gasteiger partial charge in [-0.15, -0.1) is 0 Å². The quantitative estimate of drug-likeness (QED) is 0.189. The van der Waals surface area contributed by atoms with E-state index in [1.54, 1.807) is 33.8 Å². The van der Waals surface area contributed by atoms with Crippen molar-refractivity contribution in [2.75, 3.05) is 4.90 Å². The van der Waals surface area contributed by atoms with Crippen LogP contribution in [0.1, 0.15) is 74.6 Å². The molecule has 0 N–H and O–H groups in total. The predicted molar refractivity (Wildman–Crippen MR) is 199 cm³/mol. The molecule has 47 heavy (non-hydrogen) atoms. The highest BCUT2D eigenvalue weighted by atomic mass is 15.1. The van der Waals surface area contributed by atoms with Crippen LogP contribution in [0.2, 0.25) is 0 Å². The summed E-state index contributed by atoms with van der Waals surface area (Å²) in [6.45, 7) is 6.94. The second kappa shape index (κ2) is 10.0. The molecule has 0 aromatic heterocycles. The predicted octanol–water partition coefficient (Wildman–Crippen LogP) is 12.6. The fourth-order valence-corrected chi connectivity index (χ4v) is 7.10. The third kappa shape index (κ3) is 4.02. The van der Waals surface area contributed by atoms with Crippen molar-refractivity contribution < 1.29 is 24.7 Å². The van der Waals surface area contributed by atoms with E-state index in [9.17, 15) is 8.22 Å². The lowest BCUT2D eigenvalue weighted by Gasteiger charge is -2.38. The molecule has 9 rings (SSSR count). The van der Waals surface area contributed by atoms with E-state index in [-0.39, 0.29) is 138 Å². The highest BCUT2D eigenvalue weighted by Gasteiger charge is 2.38. The van der Waals surface area contributed by atoms with Gasteiger partial charge in [0.25, 0.3) is 0 Å². The number of fused-ring (bicyclic) bond motifs is 5. The summed E-state index contributed by atoms with van der Waals surface area (Å²) in [5.41, 5.74) is -0.852. The van der Waals surface area contributed by atoms with E-state index >= 15 is 0 Å². The Morgan fingerprint density at radius 2 is 1.26 bits per heavy atom. The molecule has 0 unspecified atom stereocenters. The molecule has 0 radical (unpaired) electrons. The normalized spacial score (nSPS) is 20.1. The number of benzene rings is 7. The Labute approximate surface area is 303 Å². The van der Waals surface area contributed by atoms with Gasteiger partial charge in [0.2, 0.25) is 0 Å². The molecule has 0 aliphatic heterocycles. The first-order chi connectivity index (χ1) is 30.3. The Morgan fingerprint density at radius 3 is 2.17 bits per heavy atom. The SMILES string of the molecule is [2H]c1cc([2H])c(N(c2cc([2H])c3c(c2)C(C)(C)c2c([2H])c([2H])c([2H])c([2H])c2-3)c2c([2H])cc3c([2H])c([2H])c([2H])c4c3c2-c2cc(-c3cc([2H])c([2H])c([2H])c3[2H])c([2H])c([2H])c2C4(C)C)cc1[2H]. The van der Waals surface area contributed by atoms with E-state index in [1.165, 1.54) is 35.2 Å². The Morgan fingerprint density at radius 1 is 0.489 bits per heavy atom. The zero-order valence-electron chi connectivity index (χ0n) is 44.0. The van der Waals surface area contributed by atoms with E-state index < -0.39 is 59.2 Å². The van der Waals surface area contributed by atoms with Crippen LogP contribution in [0.3, 0.4) is 0 Å². The lowest BCUT2D eigenvalue weighted by molar-refractivity contribution is 0.645. The second-order valence-corrected chi connectivity index (χ2v) is 12.8. The molecular formula is C46H37N. The van der Waals surface area contributed by atoms with Crippen molar-refractivity contribution in [3.8, 4) is 33.4 Å². The highest BCUT2D eigenvalue weighted by Crippen LogP contribution is 2.55. The van der Waals surface area contributed by atoms with Gasteiger partial charge in [-0.3, -0.25) is 0 Å². The van der Waals surface area contributed by atoms with E-state index in [1.807, 2.05) is 0 Å². The summed E-state index contributed by atoms with van der Waals surface area (Å²) >= 11 is 0. The summed E-state index contributed by atoms with van der Waals surface area (Å²) < 4.78 is 161. The zero-order valence-corrected chi connectivity index (χ0v) is 26.0. The molecule has 226 valence electrons. The monoisotopic (exact) mass is 621 g/mol. The first-order valence-corrected chi connectivity index (χ1v) is 15.2. The summed E-state index contributed by atoms with van der Waals surface area (Å²) in [6, 6.07) is 2.70. The summed E-state index contributed by atoms with van der Waals surface area (Å²) in [4.78, 5) is 1.43. The number of hydrogen-bond acceptors (Lipinski definition) is 1. The molecule has 2 aliphatic carbocycles. The zero-order chi connectivity index (χ0) is 47.6. The van der Waals surface area contributed by atoms with Gasteiger partial charge in [-0.1, -0.05) is 143 Å². The van der Waals surface area contributed by atoms with Gasteiger partial charge >= 0.3 is 0 Å². The van der Waals surface area contributed by atoms with Crippen molar-refractivity contribution in [3.05, 3.63) is 173 Å². The van der Waals surface area contributed by atoms with Gasteiger partial charge < -0.3 is 4.90 Å². The molecular weight excluding hydrogens is 567 g/mol. The van der Waals surface area contributed by atoms with Crippen LogP contribution in [0.25, 0.3) is 44.2 Å². The molecule has 0 bridgehead atoms. The maximum Gasteiger partial charge on any atom is 0.0645 e. The largest absolute Gasteiger partial charge is 0.310 e. The van der Waals surface area contributed by atoms with Crippen molar-refractivity contribution in [1.29, 1.82) is 0 Å². The second-order valence-electron chi connectivity index (χ2n) is 12.8. The Balaban J connectivity index is 1.49. The first kappa shape index (κ1) is 15.0. The minimum Gasteiger partial charge on any atom is -0.310 e. The standard InChI is InChI=1S/C46H37N/c1-45(2)39-26-22-32(30-14-7-5-8-15-30)28-37(39)44-42(27-23-31-16-13-21-40(45)43(31)44)47(33-17-9-6-10-18-33)34-24-25-36-35-19-11-12-20-38(35)46(3,4)41(36)29-34/h5-29H,1-4H3/i5D,6D,7D,8D,9D,11D,12D,13D,14D,16D,18D,19D,20D,21D,22D,25D,26D,27D. The van der Waals surface area contributed by atoms with Crippen molar-refractivity contribution >= 4 is 27.8 Å². The molecule has 2 aliphatic rings. The molecule has 1 nitrogen and oxygen atoms in total. The van der Waals surface area contributed by atoms with Crippen LogP contribution in [0.15, 0.2) is 151 Å². The van der Waals surface area contributed by atoms with Crippen molar-refractivity contribution in [2.24, 2.45) is 0 Å². The molecule has 0 amide bonds. The van der Waals surface area contributed by atoms with Crippen LogP contribution in [-0.2, 0) is 10.8 Å². The fourth-order valence-electron chi connectivity index (χ4n) is 7.10. The summed E-state index contributed by atoms with van der Waals surface area (Å²) in [6.07, 6.45) is 0. The number of nitrogens with zero attached hydrogens (tertiary/aromatic N) is 1. The van der Waals surface area contributed by atoms with Gasteiger partial charge in [-0.25, -0.2) is 0 Å². The van der Waals surface area contributed by atoms with E-state index in [2.05, 4.69) is 0 Å². The van der Waals surface area contributed by atoms with Gasteiger partial charge in [-0.05, 0) is 97.2 Å². The minimum atomic E-state index is -1.33. The minimum absolute atomic E-state index is 0.0464. The molecule has 0 heterocycles.